The van der Waals surface area contributed by atoms with Gasteiger partial charge in [-0.1, -0.05) is 18.2 Å². The van der Waals surface area contributed by atoms with Crippen LogP contribution in [0.25, 0.3) is 10.9 Å². The standard InChI is InChI=1S/C19H22N2O/c1-2-5-15-13(4-1)14-6-10-20-9-3-7-19-8-11-22-16(12-19)21(15)17(14)18(19)20/h1-2,4-5,16,18H,3,6-12H2/t16-,18+,19-/m0/s1. The zero-order valence-electron chi connectivity index (χ0n) is 12.9. The highest BCUT2D eigenvalue weighted by atomic mass is 16.5. The smallest absolute Gasteiger partial charge is 0.134 e. The van der Waals surface area contributed by atoms with Crippen LogP contribution in [-0.2, 0) is 11.2 Å². The molecule has 3 atom stereocenters. The fraction of sp³-hybridized carbons (Fsp3) is 0.579. The molecule has 0 aliphatic carbocycles. The summed E-state index contributed by atoms with van der Waals surface area (Å²) in [6.45, 7) is 3.48. The van der Waals surface area contributed by atoms with Crippen LogP contribution in [0.5, 0.6) is 0 Å². The number of rotatable bonds is 0. The molecule has 2 aromatic rings. The van der Waals surface area contributed by atoms with E-state index in [0.29, 0.717) is 11.5 Å². The van der Waals surface area contributed by atoms with Gasteiger partial charge in [-0.05, 0) is 49.3 Å². The van der Waals surface area contributed by atoms with Crippen molar-refractivity contribution >= 4 is 10.9 Å². The Bertz CT molecular complexity index is 775. The first kappa shape index (κ1) is 12.1. The average molecular weight is 294 g/mol. The van der Waals surface area contributed by atoms with Gasteiger partial charge in [-0.3, -0.25) is 4.90 Å². The summed E-state index contributed by atoms with van der Waals surface area (Å²) in [5, 5.41) is 1.48. The molecular weight excluding hydrogens is 272 g/mol. The number of fused-ring (bicyclic) bond motifs is 5. The van der Waals surface area contributed by atoms with E-state index in [-0.39, 0.29) is 6.23 Å². The Balaban J connectivity index is 1.73. The number of para-hydroxylation sites is 1. The van der Waals surface area contributed by atoms with Gasteiger partial charge in [0.05, 0.1) is 11.6 Å². The first-order valence-electron chi connectivity index (χ1n) is 8.85. The Labute approximate surface area is 130 Å². The molecule has 0 N–H and O–H groups in total. The van der Waals surface area contributed by atoms with Crippen molar-refractivity contribution in [3.63, 3.8) is 0 Å². The summed E-state index contributed by atoms with van der Waals surface area (Å²) >= 11 is 0. The second kappa shape index (κ2) is 3.95. The van der Waals surface area contributed by atoms with Crippen LogP contribution in [0, 0.1) is 5.41 Å². The van der Waals surface area contributed by atoms with Crippen molar-refractivity contribution in [1.82, 2.24) is 9.47 Å². The molecule has 0 radical (unpaired) electrons. The van der Waals surface area contributed by atoms with Crippen molar-refractivity contribution in [2.75, 3.05) is 19.7 Å². The number of piperidine rings is 1. The third-order valence-corrected chi connectivity index (χ3v) is 6.81. The summed E-state index contributed by atoms with van der Waals surface area (Å²) in [6.07, 6.45) is 6.73. The Kier molecular flexibility index (Phi) is 2.18. The molecule has 1 aromatic carbocycles. The predicted molar refractivity (Wildman–Crippen MR) is 85.8 cm³/mol. The molecule has 0 saturated carbocycles. The van der Waals surface area contributed by atoms with Crippen molar-refractivity contribution in [1.29, 1.82) is 0 Å². The molecule has 114 valence electrons. The zero-order valence-corrected chi connectivity index (χ0v) is 12.9. The molecule has 3 heteroatoms. The Morgan fingerprint density at radius 2 is 2.09 bits per heavy atom. The lowest BCUT2D eigenvalue weighted by Gasteiger charge is -2.58. The third-order valence-electron chi connectivity index (χ3n) is 6.81. The van der Waals surface area contributed by atoms with Crippen molar-refractivity contribution in [3.8, 4) is 0 Å². The van der Waals surface area contributed by atoms with Crippen LogP contribution in [0.1, 0.15) is 49.2 Å². The summed E-state index contributed by atoms with van der Waals surface area (Å²) in [7, 11) is 0. The van der Waals surface area contributed by atoms with Gasteiger partial charge in [0.25, 0.3) is 0 Å². The van der Waals surface area contributed by atoms with E-state index in [1.165, 1.54) is 56.1 Å². The van der Waals surface area contributed by atoms with E-state index in [0.717, 1.165) is 6.61 Å². The maximum Gasteiger partial charge on any atom is 0.134 e. The highest BCUT2D eigenvalue weighted by Gasteiger charge is 2.55. The van der Waals surface area contributed by atoms with E-state index in [1.807, 2.05) is 0 Å². The normalized spacial score (nSPS) is 36.4. The quantitative estimate of drug-likeness (QED) is 0.738. The number of nitrogens with zero attached hydrogens (tertiary/aromatic N) is 2. The highest BCUT2D eigenvalue weighted by molar-refractivity contribution is 5.86. The molecule has 0 amide bonds. The molecule has 2 saturated heterocycles. The molecule has 4 aliphatic heterocycles. The fourth-order valence-corrected chi connectivity index (χ4v) is 6.02. The van der Waals surface area contributed by atoms with E-state index < -0.39 is 0 Å². The van der Waals surface area contributed by atoms with Crippen molar-refractivity contribution in [2.24, 2.45) is 5.41 Å². The molecule has 22 heavy (non-hydrogen) atoms. The molecule has 1 aromatic heterocycles. The molecule has 6 rings (SSSR count). The van der Waals surface area contributed by atoms with Gasteiger partial charge in [0.15, 0.2) is 0 Å². The third kappa shape index (κ3) is 1.27. The Hall–Kier alpha value is -1.32. The topological polar surface area (TPSA) is 17.4 Å². The molecule has 1 spiro atoms. The van der Waals surface area contributed by atoms with Gasteiger partial charge in [-0.25, -0.2) is 0 Å². The monoisotopic (exact) mass is 294 g/mol. The molecule has 3 nitrogen and oxygen atoms in total. The molecular formula is C19H22N2O. The van der Waals surface area contributed by atoms with Crippen molar-refractivity contribution in [2.45, 2.75) is 44.4 Å². The van der Waals surface area contributed by atoms with Crippen LogP contribution >= 0.6 is 0 Å². The lowest BCUT2D eigenvalue weighted by Crippen LogP contribution is -2.55. The first-order chi connectivity index (χ1) is 10.9. The van der Waals surface area contributed by atoms with Crippen molar-refractivity contribution < 1.29 is 4.74 Å². The SMILES string of the molecule is c1ccc2c(c1)c1c3n2[C@@H]2C[C@]4(CCCN(CC1)[C@H]34)CCO2. The van der Waals surface area contributed by atoms with E-state index in [1.54, 1.807) is 11.3 Å². The minimum Gasteiger partial charge on any atom is -0.358 e. The lowest BCUT2D eigenvalue weighted by molar-refractivity contribution is -0.156. The fourth-order valence-electron chi connectivity index (χ4n) is 6.02. The summed E-state index contributed by atoms with van der Waals surface area (Å²) in [6, 6.07) is 9.65. The van der Waals surface area contributed by atoms with Gasteiger partial charge in [-0.2, -0.15) is 0 Å². The van der Waals surface area contributed by atoms with Crippen LogP contribution in [-0.4, -0.2) is 29.2 Å². The summed E-state index contributed by atoms with van der Waals surface area (Å²) in [5.41, 5.74) is 5.13. The zero-order chi connectivity index (χ0) is 14.3. The van der Waals surface area contributed by atoms with Crippen LogP contribution in [0.3, 0.4) is 0 Å². The van der Waals surface area contributed by atoms with Gasteiger partial charge >= 0.3 is 0 Å². The molecule has 0 unspecified atom stereocenters. The second-order valence-electron chi connectivity index (χ2n) is 7.68. The maximum atomic E-state index is 6.24. The van der Waals surface area contributed by atoms with Gasteiger partial charge in [0, 0.05) is 30.7 Å². The van der Waals surface area contributed by atoms with E-state index in [9.17, 15) is 0 Å². The number of aromatic nitrogens is 1. The molecule has 5 heterocycles. The maximum absolute atomic E-state index is 6.24. The number of hydrogen-bond acceptors (Lipinski definition) is 2. The van der Waals surface area contributed by atoms with Crippen LogP contribution in [0.4, 0.5) is 0 Å². The van der Waals surface area contributed by atoms with E-state index >= 15 is 0 Å². The second-order valence-corrected chi connectivity index (χ2v) is 7.68. The summed E-state index contributed by atoms with van der Waals surface area (Å²) in [4.78, 5) is 2.79. The Morgan fingerprint density at radius 1 is 1.14 bits per heavy atom. The largest absolute Gasteiger partial charge is 0.358 e. The summed E-state index contributed by atoms with van der Waals surface area (Å²) < 4.78 is 8.82. The van der Waals surface area contributed by atoms with Gasteiger partial charge in [0.2, 0.25) is 0 Å². The van der Waals surface area contributed by atoms with Gasteiger partial charge < -0.3 is 9.30 Å². The summed E-state index contributed by atoms with van der Waals surface area (Å²) in [5.74, 6) is 0. The van der Waals surface area contributed by atoms with Crippen LogP contribution in [0.15, 0.2) is 24.3 Å². The minimum atomic E-state index is 0.275. The Morgan fingerprint density at radius 3 is 3.09 bits per heavy atom. The van der Waals surface area contributed by atoms with Gasteiger partial charge in [-0.15, -0.1) is 0 Å². The molecule has 4 aliphatic rings. The number of hydrogen-bond donors (Lipinski definition) is 0. The van der Waals surface area contributed by atoms with Crippen LogP contribution in [0.2, 0.25) is 0 Å². The van der Waals surface area contributed by atoms with Crippen LogP contribution < -0.4 is 0 Å². The minimum absolute atomic E-state index is 0.275. The predicted octanol–water partition coefficient (Wildman–Crippen LogP) is 3.64. The average Bonchev–Trinajstić information content (AvgIpc) is 2.89. The molecule has 2 fully saturated rings. The van der Waals surface area contributed by atoms with Crippen molar-refractivity contribution in [3.05, 3.63) is 35.5 Å². The van der Waals surface area contributed by atoms with E-state index in [2.05, 4.69) is 33.7 Å². The first-order valence-corrected chi connectivity index (χ1v) is 8.85. The van der Waals surface area contributed by atoms with E-state index in [4.69, 9.17) is 4.74 Å². The highest BCUT2D eigenvalue weighted by Crippen LogP contribution is 2.61. The molecule has 2 bridgehead atoms. The van der Waals surface area contributed by atoms with Gasteiger partial charge in [0.1, 0.15) is 6.23 Å². The number of benzene rings is 1. The number of ether oxygens (including phenoxy) is 1. The lowest BCUT2D eigenvalue weighted by atomic mass is 9.63.